The quantitative estimate of drug-likeness (QED) is 0.409. The number of halogens is 4. The Morgan fingerprint density at radius 3 is 2.40 bits per heavy atom. The molecule has 0 saturated heterocycles. The van der Waals surface area contributed by atoms with Gasteiger partial charge in [0.25, 0.3) is 0 Å². The summed E-state index contributed by atoms with van der Waals surface area (Å²) < 4.78 is 41.0. The monoisotopic (exact) mass is 462 g/mol. The lowest BCUT2D eigenvalue weighted by Crippen LogP contribution is -2.24. The molecule has 2 rings (SSSR count). The van der Waals surface area contributed by atoms with Gasteiger partial charge in [-0.05, 0) is 29.8 Å². The van der Waals surface area contributed by atoms with Crippen molar-refractivity contribution in [2.45, 2.75) is 12.9 Å². The lowest BCUT2D eigenvalue weighted by atomic mass is 10.1. The number of hydrogen-bond donors (Lipinski definition) is 2. The van der Waals surface area contributed by atoms with Gasteiger partial charge in [0.2, 0.25) is 0 Å². The number of nitrogens with two attached hydrogens (primary N) is 1. The molecular formula is C16H14F3IN4O. The van der Waals surface area contributed by atoms with Crippen molar-refractivity contribution in [3.63, 3.8) is 0 Å². The lowest BCUT2D eigenvalue weighted by molar-refractivity contribution is -0.274. The fourth-order valence-electron chi connectivity index (χ4n) is 1.82. The van der Waals surface area contributed by atoms with E-state index in [0.717, 1.165) is 5.56 Å². The van der Waals surface area contributed by atoms with Crippen LogP contribution < -0.4 is 15.8 Å². The van der Waals surface area contributed by atoms with Gasteiger partial charge in [-0.2, -0.15) is 5.26 Å². The predicted molar refractivity (Wildman–Crippen MR) is 98.6 cm³/mol. The van der Waals surface area contributed by atoms with Crippen LogP contribution in [0.15, 0.2) is 53.5 Å². The second-order valence-electron chi connectivity index (χ2n) is 4.68. The van der Waals surface area contributed by atoms with E-state index in [1.807, 2.05) is 6.07 Å². The molecule has 0 fully saturated rings. The number of anilines is 1. The molecule has 0 radical (unpaired) electrons. The van der Waals surface area contributed by atoms with Crippen LogP contribution in [0.2, 0.25) is 0 Å². The van der Waals surface area contributed by atoms with E-state index in [0.29, 0.717) is 5.56 Å². The Kier molecular flexibility index (Phi) is 7.50. The SMILES string of the molecule is I.N#Cc1ccc(CN=C(N)Nc2ccccc2OC(F)(F)F)cc1. The number of aliphatic imine (C=N–C) groups is 1. The topological polar surface area (TPSA) is 83.4 Å². The van der Waals surface area contributed by atoms with E-state index in [-0.39, 0.29) is 42.2 Å². The highest BCUT2D eigenvalue weighted by atomic mass is 127. The number of rotatable bonds is 4. The molecule has 25 heavy (non-hydrogen) atoms. The van der Waals surface area contributed by atoms with Crippen LogP contribution in [0.3, 0.4) is 0 Å². The maximum Gasteiger partial charge on any atom is 0.573 e. The van der Waals surface area contributed by atoms with Gasteiger partial charge in [-0.25, -0.2) is 4.99 Å². The van der Waals surface area contributed by atoms with Gasteiger partial charge in [0.15, 0.2) is 11.7 Å². The van der Waals surface area contributed by atoms with Crippen LogP contribution in [-0.4, -0.2) is 12.3 Å². The molecule has 0 aliphatic heterocycles. The number of para-hydroxylation sites is 2. The molecule has 5 nitrogen and oxygen atoms in total. The maximum atomic E-state index is 12.4. The predicted octanol–water partition coefficient (Wildman–Crippen LogP) is 4.00. The van der Waals surface area contributed by atoms with Gasteiger partial charge in [-0.3, -0.25) is 0 Å². The molecule has 0 atom stereocenters. The zero-order valence-electron chi connectivity index (χ0n) is 12.7. The molecule has 2 aromatic carbocycles. The fraction of sp³-hybridized carbons (Fsp3) is 0.125. The normalized spacial score (nSPS) is 11.2. The smallest absolute Gasteiger partial charge is 0.404 e. The molecule has 0 bridgehead atoms. The van der Waals surface area contributed by atoms with E-state index in [1.54, 1.807) is 30.3 Å². The number of nitrogens with zero attached hydrogens (tertiary/aromatic N) is 2. The van der Waals surface area contributed by atoms with Crippen LogP contribution in [0.1, 0.15) is 11.1 Å². The van der Waals surface area contributed by atoms with E-state index in [4.69, 9.17) is 11.0 Å². The summed E-state index contributed by atoms with van der Waals surface area (Å²) in [7, 11) is 0. The molecule has 2 aromatic rings. The molecule has 0 amide bonds. The molecule has 0 aliphatic carbocycles. The van der Waals surface area contributed by atoms with E-state index in [1.165, 1.54) is 18.2 Å². The first-order chi connectivity index (χ1) is 11.4. The Balaban J connectivity index is 0.00000312. The summed E-state index contributed by atoms with van der Waals surface area (Å²) in [5, 5.41) is 11.3. The Bertz CT molecular complexity index is 770. The van der Waals surface area contributed by atoms with Gasteiger partial charge in [-0.15, -0.1) is 37.1 Å². The van der Waals surface area contributed by atoms with Crippen LogP contribution in [0.5, 0.6) is 5.75 Å². The van der Waals surface area contributed by atoms with Crippen molar-refractivity contribution >= 4 is 35.6 Å². The Hall–Kier alpha value is -2.48. The Morgan fingerprint density at radius 2 is 1.80 bits per heavy atom. The molecule has 0 saturated carbocycles. The highest BCUT2D eigenvalue weighted by Gasteiger charge is 2.32. The van der Waals surface area contributed by atoms with Gasteiger partial charge >= 0.3 is 6.36 Å². The third-order valence-electron chi connectivity index (χ3n) is 2.89. The minimum Gasteiger partial charge on any atom is -0.404 e. The highest BCUT2D eigenvalue weighted by Crippen LogP contribution is 2.29. The average Bonchev–Trinajstić information content (AvgIpc) is 2.54. The molecule has 9 heteroatoms. The number of guanidine groups is 1. The first-order valence-electron chi connectivity index (χ1n) is 6.78. The van der Waals surface area contributed by atoms with E-state index >= 15 is 0 Å². The van der Waals surface area contributed by atoms with Gasteiger partial charge in [0.05, 0.1) is 23.9 Å². The summed E-state index contributed by atoms with van der Waals surface area (Å²) in [5.74, 6) is -0.459. The van der Waals surface area contributed by atoms with Gasteiger partial charge < -0.3 is 15.8 Å². The summed E-state index contributed by atoms with van der Waals surface area (Å²) in [6.45, 7) is 0.215. The van der Waals surface area contributed by atoms with Crippen LogP contribution in [-0.2, 0) is 6.54 Å². The number of nitriles is 1. The molecule has 0 spiro atoms. The first-order valence-corrected chi connectivity index (χ1v) is 6.78. The summed E-state index contributed by atoms with van der Waals surface area (Å²) in [5.41, 5.74) is 7.07. The van der Waals surface area contributed by atoms with E-state index in [2.05, 4.69) is 15.0 Å². The van der Waals surface area contributed by atoms with E-state index < -0.39 is 12.1 Å². The summed E-state index contributed by atoms with van der Waals surface area (Å²) >= 11 is 0. The average molecular weight is 462 g/mol. The number of nitrogens with one attached hydrogen (secondary N) is 1. The second-order valence-corrected chi connectivity index (χ2v) is 4.68. The molecule has 132 valence electrons. The molecule has 3 N–H and O–H groups in total. The zero-order valence-corrected chi connectivity index (χ0v) is 15.1. The number of benzene rings is 2. The number of ether oxygens (including phenoxy) is 1. The Morgan fingerprint density at radius 1 is 1.16 bits per heavy atom. The van der Waals surface area contributed by atoms with Crippen LogP contribution >= 0.6 is 24.0 Å². The van der Waals surface area contributed by atoms with Crippen molar-refractivity contribution in [3.05, 3.63) is 59.7 Å². The van der Waals surface area contributed by atoms with Crippen molar-refractivity contribution in [1.82, 2.24) is 0 Å². The largest absolute Gasteiger partial charge is 0.573 e. The second kappa shape index (κ2) is 9.12. The summed E-state index contributed by atoms with van der Waals surface area (Å²) in [6.07, 6.45) is -4.80. The lowest BCUT2D eigenvalue weighted by Gasteiger charge is -2.14. The molecule has 0 aliphatic rings. The van der Waals surface area contributed by atoms with Crippen molar-refractivity contribution < 1.29 is 17.9 Å². The number of alkyl halides is 3. The third kappa shape index (κ3) is 6.88. The molecule has 0 aromatic heterocycles. The van der Waals surface area contributed by atoms with Crippen molar-refractivity contribution in [1.29, 1.82) is 5.26 Å². The van der Waals surface area contributed by atoms with Crippen molar-refractivity contribution in [2.24, 2.45) is 10.7 Å². The van der Waals surface area contributed by atoms with Crippen LogP contribution in [0.4, 0.5) is 18.9 Å². The highest BCUT2D eigenvalue weighted by molar-refractivity contribution is 14.0. The third-order valence-corrected chi connectivity index (χ3v) is 2.89. The Labute approximate surface area is 159 Å². The van der Waals surface area contributed by atoms with Gasteiger partial charge in [-0.1, -0.05) is 24.3 Å². The van der Waals surface area contributed by atoms with Crippen LogP contribution in [0.25, 0.3) is 0 Å². The molecule has 0 heterocycles. The fourth-order valence-corrected chi connectivity index (χ4v) is 1.82. The summed E-state index contributed by atoms with van der Waals surface area (Å²) in [4.78, 5) is 4.05. The van der Waals surface area contributed by atoms with Crippen molar-refractivity contribution in [3.8, 4) is 11.8 Å². The molecular weight excluding hydrogens is 448 g/mol. The molecule has 0 unspecified atom stereocenters. The summed E-state index contributed by atoms with van der Waals surface area (Å²) in [6, 6.07) is 14.2. The van der Waals surface area contributed by atoms with E-state index in [9.17, 15) is 13.2 Å². The first kappa shape index (κ1) is 20.6. The minimum absolute atomic E-state index is 0. The van der Waals surface area contributed by atoms with Gasteiger partial charge in [0.1, 0.15) is 0 Å². The van der Waals surface area contributed by atoms with Crippen LogP contribution in [0, 0.1) is 11.3 Å². The van der Waals surface area contributed by atoms with Gasteiger partial charge in [0, 0.05) is 0 Å². The zero-order chi connectivity index (χ0) is 17.6. The van der Waals surface area contributed by atoms with Crippen molar-refractivity contribution in [2.75, 3.05) is 5.32 Å². The minimum atomic E-state index is -4.80. The standard InChI is InChI=1S/C16H13F3N4O.HI/c17-16(18,19)24-14-4-2-1-3-13(14)23-15(21)22-10-12-7-5-11(9-20)6-8-12;/h1-8H,10H2,(H3,21,22,23);1H. The maximum absolute atomic E-state index is 12.4. The number of hydrogen-bond acceptors (Lipinski definition) is 3.